The molecule has 0 saturated heterocycles. The lowest BCUT2D eigenvalue weighted by Crippen LogP contribution is -2.08. The number of aromatic nitrogens is 3. The Labute approximate surface area is 168 Å². The van der Waals surface area contributed by atoms with Crippen LogP contribution in [-0.2, 0) is 4.79 Å². The van der Waals surface area contributed by atoms with Crippen LogP contribution in [0.5, 0.6) is 0 Å². The van der Waals surface area contributed by atoms with Crippen molar-refractivity contribution in [2.45, 2.75) is 31.0 Å². The van der Waals surface area contributed by atoms with Gasteiger partial charge in [-0.1, -0.05) is 54.2 Å². The van der Waals surface area contributed by atoms with Crippen LogP contribution in [0.25, 0.3) is 27.8 Å². The Morgan fingerprint density at radius 2 is 1.86 bits per heavy atom. The Morgan fingerprint density at radius 1 is 1.07 bits per heavy atom. The highest BCUT2D eigenvalue weighted by molar-refractivity contribution is 8.00. The Balaban J connectivity index is 1.99. The standard InChI is InChI=1S/C23H21N3OS/c1-15-8-7-11-19(12-15)26-13-20(18-9-5-4-6-10-18)21-22(26)24-14-25-23(21)28-17(3)16(2)27/h4-14,17H,1-3H3/t17-/m0/s1. The van der Waals surface area contributed by atoms with Crippen LogP contribution in [0.4, 0.5) is 0 Å². The third-order valence-corrected chi connectivity index (χ3v) is 5.99. The van der Waals surface area contributed by atoms with Gasteiger partial charge in [-0.25, -0.2) is 9.97 Å². The zero-order valence-electron chi connectivity index (χ0n) is 16.1. The monoisotopic (exact) mass is 387 g/mol. The lowest BCUT2D eigenvalue weighted by atomic mass is 10.1. The smallest absolute Gasteiger partial charge is 0.149 e. The number of ketones is 1. The summed E-state index contributed by atoms with van der Waals surface area (Å²) in [4.78, 5) is 21.0. The molecule has 2 aromatic carbocycles. The lowest BCUT2D eigenvalue weighted by molar-refractivity contribution is -0.116. The molecule has 2 heterocycles. The van der Waals surface area contributed by atoms with Gasteiger partial charge < -0.3 is 4.57 Å². The van der Waals surface area contributed by atoms with Crippen molar-refractivity contribution >= 4 is 28.6 Å². The Bertz CT molecular complexity index is 1150. The van der Waals surface area contributed by atoms with Gasteiger partial charge in [-0.05, 0) is 44.0 Å². The zero-order chi connectivity index (χ0) is 19.7. The van der Waals surface area contributed by atoms with Gasteiger partial charge in [0.25, 0.3) is 0 Å². The predicted molar refractivity (Wildman–Crippen MR) is 115 cm³/mol. The fraction of sp³-hybridized carbons (Fsp3) is 0.174. The Morgan fingerprint density at radius 3 is 2.57 bits per heavy atom. The minimum absolute atomic E-state index is 0.135. The maximum Gasteiger partial charge on any atom is 0.149 e. The number of nitrogens with zero attached hydrogens (tertiary/aromatic N) is 3. The topological polar surface area (TPSA) is 47.8 Å². The van der Waals surface area contributed by atoms with Crippen LogP contribution in [0, 0.1) is 6.92 Å². The fourth-order valence-corrected chi connectivity index (χ4v) is 4.11. The lowest BCUT2D eigenvalue weighted by Gasteiger charge is -2.09. The van der Waals surface area contributed by atoms with E-state index in [2.05, 4.69) is 58.0 Å². The molecule has 0 N–H and O–H groups in total. The van der Waals surface area contributed by atoms with E-state index in [1.165, 1.54) is 17.3 Å². The van der Waals surface area contributed by atoms with E-state index < -0.39 is 0 Å². The number of hydrogen-bond donors (Lipinski definition) is 0. The second kappa shape index (κ2) is 7.60. The number of aryl methyl sites for hydroxylation is 1. The van der Waals surface area contributed by atoms with Crippen LogP contribution < -0.4 is 0 Å². The van der Waals surface area contributed by atoms with E-state index in [1.54, 1.807) is 13.3 Å². The molecule has 0 bridgehead atoms. The van der Waals surface area contributed by atoms with Gasteiger partial charge in [0.15, 0.2) is 0 Å². The molecule has 2 aromatic heterocycles. The van der Waals surface area contributed by atoms with E-state index in [0.717, 1.165) is 32.9 Å². The molecular formula is C23H21N3OS. The van der Waals surface area contributed by atoms with Crippen LogP contribution >= 0.6 is 11.8 Å². The molecule has 0 unspecified atom stereocenters. The molecule has 5 heteroatoms. The fourth-order valence-electron chi connectivity index (χ4n) is 3.18. The van der Waals surface area contributed by atoms with E-state index in [-0.39, 0.29) is 11.0 Å². The molecule has 140 valence electrons. The number of fused-ring (bicyclic) bond motifs is 1. The molecule has 0 radical (unpaired) electrons. The average molecular weight is 388 g/mol. The van der Waals surface area contributed by atoms with Crippen molar-refractivity contribution in [2.75, 3.05) is 0 Å². The van der Waals surface area contributed by atoms with E-state index in [0.29, 0.717) is 0 Å². The predicted octanol–water partition coefficient (Wildman–Crippen LogP) is 5.47. The molecule has 0 amide bonds. The van der Waals surface area contributed by atoms with Gasteiger partial charge in [0.1, 0.15) is 22.8 Å². The molecule has 0 spiro atoms. The first-order valence-corrected chi connectivity index (χ1v) is 10.1. The summed E-state index contributed by atoms with van der Waals surface area (Å²) in [6, 6.07) is 18.6. The van der Waals surface area contributed by atoms with Crippen molar-refractivity contribution in [2.24, 2.45) is 0 Å². The van der Waals surface area contributed by atoms with Crippen molar-refractivity contribution in [1.29, 1.82) is 0 Å². The molecule has 0 aliphatic carbocycles. The second-order valence-corrected chi connectivity index (χ2v) is 8.20. The molecule has 0 fully saturated rings. The number of carbonyl (C=O) groups is 1. The van der Waals surface area contributed by atoms with E-state index in [9.17, 15) is 4.79 Å². The van der Waals surface area contributed by atoms with Crippen LogP contribution in [0.2, 0.25) is 0 Å². The highest BCUT2D eigenvalue weighted by Crippen LogP contribution is 2.38. The SMILES string of the molecule is CC(=O)[C@H](C)Sc1ncnc2c1c(-c1ccccc1)cn2-c1cccc(C)c1. The van der Waals surface area contributed by atoms with Gasteiger partial charge in [0.05, 0.1) is 10.6 Å². The number of rotatable bonds is 5. The minimum atomic E-state index is -0.163. The van der Waals surface area contributed by atoms with E-state index in [4.69, 9.17) is 0 Å². The summed E-state index contributed by atoms with van der Waals surface area (Å²) in [5.74, 6) is 0.135. The molecule has 4 nitrogen and oxygen atoms in total. The van der Waals surface area contributed by atoms with E-state index >= 15 is 0 Å². The first-order valence-electron chi connectivity index (χ1n) is 9.20. The molecule has 0 aliphatic heterocycles. The zero-order valence-corrected chi connectivity index (χ0v) is 16.9. The van der Waals surface area contributed by atoms with Crippen molar-refractivity contribution in [3.63, 3.8) is 0 Å². The number of benzene rings is 2. The summed E-state index contributed by atoms with van der Waals surface area (Å²) in [5.41, 5.74) is 5.26. The van der Waals surface area contributed by atoms with Gasteiger partial charge in [-0.15, -0.1) is 0 Å². The van der Waals surface area contributed by atoms with Gasteiger partial charge in [-0.3, -0.25) is 4.79 Å². The van der Waals surface area contributed by atoms with Crippen LogP contribution in [0.3, 0.4) is 0 Å². The third-order valence-electron chi connectivity index (χ3n) is 4.77. The number of carbonyl (C=O) groups excluding carboxylic acids is 1. The average Bonchev–Trinajstić information content (AvgIpc) is 3.09. The van der Waals surface area contributed by atoms with Gasteiger partial charge in [0.2, 0.25) is 0 Å². The number of hydrogen-bond acceptors (Lipinski definition) is 4. The summed E-state index contributed by atoms with van der Waals surface area (Å²) in [7, 11) is 0. The second-order valence-electron chi connectivity index (χ2n) is 6.87. The van der Waals surface area contributed by atoms with Crippen LogP contribution in [0.15, 0.2) is 72.1 Å². The molecule has 0 saturated carbocycles. The molecule has 1 atom stereocenters. The summed E-state index contributed by atoms with van der Waals surface area (Å²) in [5, 5.41) is 1.65. The highest BCUT2D eigenvalue weighted by Gasteiger charge is 2.20. The Hall–Kier alpha value is -2.92. The number of Topliss-reactive ketones (excluding diaryl/α,β-unsaturated/α-hetero) is 1. The van der Waals surface area contributed by atoms with Crippen molar-refractivity contribution < 1.29 is 4.79 Å². The summed E-state index contributed by atoms with van der Waals surface area (Å²) < 4.78 is 2.11. The highest BCUT2D eigenvalue weighted by atomic mass is 32.2. The normalized spacial score (nSPS) is 12.2. The van der Waals surface area contributed by atoms with Crippen molar-refractivity contribution in [1.82, 2.24) is 14.5 Å². The van der Waals surface area contributed by atoms with Crippen LogP contribution in [0.1, 0.15) is 19.4 Å². The molecule has 4 aromatic rings. The molecular weight excluding hydrogens is 366 g/mol. The molecule has 28 heavy (non-hydrogen) atoms. The van der Waals surface area contributed by atoms with E-state index in [1.807, 2.05) is 31.2 Å². The summed E-state index contributed by atoms with van der Waals surface area (Å²) in [6.45, 7) is 5.62. The van der Waals surface area contributed by atoms with Gasteiger partial charge >= 0.3 is 0 Å². The summed E-state index contributed by atoms with van der Waals surface area (Å²) >= 11 is 1.49. The first kappa shape index (κ1) is 18.4. The quantitative estimate of drug-likeness (QED) is 0.337. The largest absolute Gasteiger partial charge is 0.301 e. The molecule has 0 aliphatic rings. The minimum Gasteiger partial charge on any atom is -0.301 e. The van der Waals surface area contributed by atoms with Gasteiger partial charge in [0, 0.05) is 17.4 Å². The Kier molecular flexibility index (Phi) is 5.01. The van der Waals surface area contributed by atoms with Gasteiger partial charge in [-0.2, -0.15) is 0 Å². The third kappa shape index (κ3) is 3.45. The summed E-state index contributed by atoms with van der Waals surface area (Å²) in [6.07, 6.45) is 3.70. The first-order chi connectivity index (χ1) is 13.5. The van der Waals surface area contributed by atoms with Crippen molar-refractivity contribution in [3.8, 4) is 16.8 Å². The molecule has 4 rings (SSSR count). The maximum absolute atomic E-state index is 11.8. The number of thioether (sulfide) groups is 1. The van der Waals surface area contributed by atoms with Crippen LogP contribution in [-0.4, -0.2) is 25.6 Å². The maximum atomic E-state index is 11.8. The van der Waals surface area contributed by atoms with Crippen molar-refractivity contribution in [3.05, 3.63) is 72.7 Å².